The number of unbranched alkanes of at least 4 members (excludes halogenated alkanes) is 2. The van der Waals surface area contributed by atoms with Crippen molar-refractivity contribution in [3.05, 3.63) is 78.6 Å². The van der Waals surface area contributed by atoms with Crippen molar-refractivity contribution in [2.45, 2.75) is 32.6 Å². The Kier molecular flexibility index (Phi) is 5.21. The Morgan fingerprint density at radius 3 is 2.09 bits per heavy atom. The predicted octanol–water partition coefficient (Wildman–Crippen LogP) is 6.63. The Labute approximate surface area is 138 Å². The highest BCUT2D eigenvalue weighted by Crippen LogP contribution is 2.25. The fourth-order valence-electron chi connectivity index (χ4n) is 2.74. The van der Waals surface area contributed by atoms with E-state index in [2.05, 4.69) is 49.4 Å². The molecule has 116 valence electrons. The number of hydrogen-bond acceptors (Lipinski definition) is 0. The van der Waals surface area contributed by atoms with Crippen LogP contribution < -0.4 is 0 Å². The van der Waals surface area contributed by atoms with Crippen LogP contribution in [0.4, 0.5) is 0 Å². The summed E-state index contributed by atoms with van der Waals surface area (Å²) >= 11 is 0. The third-order valence-electron chi connectivity index (χ3n) is 4.14. The van der Waals surface area contributed by atoms with E-state index < -0.39 is 0 Å². The zero-order chi connectivity index (χ0) is 15.9. The lowest BCUT2D eigenvalue weighted by molar-refractivity contribution is 0.568. The Morgan fingerprint density at radius 1 is 0.696 bits per heavy atom. The van der Waals surface area contributed by atoms with E-state index >= 15 is 0 Å². The molecule has 0 saturated carbocycles. The molecule has 0 bridgehead atoms. The number of hydrogen-bond donors (Lipinski definition) is 0. The van der Waals surface area contributed by atoms with Crippen LogP contribution in [0.3, 0.4) is 0 Å². The third kappa shape index (κ3) is 4.07. The van der Waals surface area contributed by atoms with E-state index in [1.54, 1.807) is 0 Å². The molecule has 3 rings (SSSR count). The van der Waals surface area contributed by atoms with Gasteiger partial charge in [-0.05, 0) is 42.2 Å². The van der Waals surface area contributed by atoms with E-state index in [-0.39, 0.29) is 0 Å². The molecule has 0 radical (unpaired) electrons. The first kappa shape index (κ1) is 15.5. The second-order valence-electron chi connectivity index (χ2n) is 5.91. The van der Waals surface area contributed by atoms with Crippen LogP contribution >= 0.6 is 0 Å². The van der Waals surface area contributed by atoms with Gasteiger partial charge in [0.05, 0.1) is 11.1 Å². The summed E-state index contributed by atoms with van der Waals surface area (Å²) in [5.74, 6) is 0.894. The van der Waals surface area contributed by atoms with Gasteiger partial charge in [0.25, 0.3) is 0 Å². The molecular formula is C22H23O+. The SMILES string of the molecule is CCCCCc1ccc(-c2ccc(-c3ccccc3)[o+]c2)cc1. The summed E-state index contributed by atoms with van der Waals surface area (Å²) in [6.45, 7) is 2.24. The fourth-order valence-corrected chi connectivity index (χ4v) is 2.74. The van der Waals surface area contributed by atoms with Gasteiger partial charge in [-0.15, -0.1) is 0 Å². The summed E-state index contributed by atoms with van der Waals surface area (Å²) in [6.07, 6.45) is 6.87. The van der Waals surface area contributed by atoms with Crippen molar-refractivity contribution in [3.8, 4) is 22.5 Å². The largest absolute Gasteiger partial charge is 0.359 e. The molecule has 0 unspecified atom stereocenters. The van der Waals surface area contributed by atoms with Crippen LogP contribution in [0.2, 0.25) is 0 Å². The van der Waals surface area contributed by atoms with E-state index in [9.17, 15) is 0 Å². The average Bonchev–Trinajstić information content (AvgIpc) is 2.63. The monoisotopic (exact) mass is 303 g/mol. The lowest BCUT2D eigenvalue weighted by atomic mass is 10.0. The normalized spacial score (nSPS) is 10.7. The summed E-state index contributed by atoms with van der Waals surface area (Å²) in [6, 6.07) is 23.2. The first-order chi connectivity index (χ1) is 11.4. The molecule has 0 aliphatic heterocycles. The maximum absolute atomic E-state index is 5.81. The first-order valence-corrected chi connectivity index (χ1v) is 8.43. The molecular weight excluding hydrogens is 280 g/mol. The summed E-state index contributed by atoms with van der Waals surface area (Å²) in [5.41, 5.74) is 4.84. The summed E-state index contributed by atoms with van der Waals surface area (Å²) in [4.78, 5) is 0. The van der Waals surface area contributed by atoms with Gasteiger partial charge in [0.1, 0.15) is 0 Å². The summed E-state index contributed by atoms with van der Waals surface area (Å²) < 4.78 is 5.81. The molecule has 0 spiro atoms. The molecule has 0 aliphatic rings. The molecule has 0 amide bonds. The van der Waals surface area contributed by atoms with Gasteiger partial charge < -0.3 is 0 Å². The van der Waals surface area contributed by atoms with Crippen molar-refractivity contribution in [2.24, 2.45) is 0 Å². The van der Waals surface area contributed by atoms with Crippen molar-refractivity contribution >= 4 is 0 Å². The van der Waals surface area contributed by atoms with Crippen LogP contribution in [0.15, 0.2) is 77.4 Å². The molecule has 1 nitrogen and oxygen atoms in total. The topological polar surface area (TPSA) is 11.3 Å². The lowest BCUT2D eigenvalue weighted by Crippen LogP contribution is -1.86. The van der Waals surface area contributed by atoms with Gasteiger partial charge in [0, 0.05) is 6.07 Å². The standard InChI is InChI=1S/C22H23O/c1-2-3-5-8-18-11-13-19(14-12-18)21-15-16-22(23-17-21)20-9-6-4-7-10-20/h4,6-7,9-17H,2-3,5,8H2,1H3/q+1. The van der Waals surface area contributed by atoms with E-state index in [0.717, 1.165) is 16.9 Å². The molecule has 1 aromatic heterocycles. The average molecular weight is 303 g/mol. The molecule has 2 aromatic carbocycles. The molecule has 0 atom stereocenters. The number of rotatable bonds is 6. The Bertz CT molecular complexity index is 712. The molecule has 1 heteroatoms. The highest BCUT2D eigenvalue weighted by molar-refractivity contribution is 5.65. The van der Waals surface area contributed by atoms with Gasteiger partial charge in [-0.2, -0.15) is 0 Å². The number of benzene rings is 2. The van der Waals surface area contributed by atoms with E-state index in [1.807, 2.05) is 30.5 Å². The minimum Gasteiger partial charge on any atom is -0.215 e. The quantitative estimate of drug-likeness (QED) is 0.367. The Morgan fingerprint density at radius 2 is 1.43 bits per heavy atom. The van der Waals surface area contributed by atoms with Crippen LogP contribution in [0.25, 0.3) is 22.5 Å². The lowest BCUT2D eigenvalue weighted by Gasteiger charge is -2.02. The maximum Gasteiger partial charge on any atom is 0.359 e. The molecule has 23 heavy (non-hydrogen) atoms. The zero-order valence-corrected chi connectivity index (χ0v) is 13.7. The van der Waals surface area contributed by atoms with Crippen molar-refractivity contribution in [3.63, 3.8) is 0 Å². The molecule has 0 saturated heterocycles. The van der Waals surface area contributed by atoms with Gasteiger partial charge in [-0.25, -0.2) is 4.42 Å². The van der Waals surface area contributed by atoms with Crippen LogP contribution in [-0.2, 0) is 6.42 Å². The second kappa shape index (κ2) is 7.73. The van der Waals surface area contributed by atoms with Gasteiger partial charge >= 0.3 is 12.0 Å². The zero-order valence-electron chi connectivity index (χ0n) is 13.7. The first-order valence-electron chi connectivity index (χ1n) is 8.43. The van der Waals surface area contributed by atoms with E-state index in [4.69, 9.17) is 4.42 Å². The number of aryl methyl sites for hydroxylation is 1. The highest BCUT2D eigenvalue weighted by Gasteiger charge is 2.11. The predicted molar refractivity (Wildman–Crippen MR) is 97.2 cm³/mol. The Balaban J connectivity index is 1.72. The smallest absolute Gasteiger partial charge is 0.215 e. The maximum atomic E-state index is 5.81. The van der Waals surface area contributed by atoms with Crippen LogP contribution in [0.5, 0.6) is 0 Å². The van der Waals surface area contributed by atoms with Crippen LogP contribution in [0, 0.1) is 0 Å². The fraction of sp³-hybridized carbons (Fsp3) is 0.227. The molecule has 3 aromatic rings. The van der Waals surface area contributed by atoms with Crippen LogP contribution in [0.1, 0.15) is 31.7 Å². The van der Waals surface area contributed by atoms with Gasteiger partial charge in [-0.3, -0.25) is 0 Å². The van der Waals surface area contributed by atoms with Crippen molar-refractivity contribution < 1.29 is 4.42 Å². The van der Waals surface area contributed by atoms with Crippen molar-refractivity contribution in [1.29, 1.82) is 0 Å². The van der Waals surface area contributed by atoms with Crippen LogP contribution in [-0.4, -0.2) is 0 Å². The van der Waals surface area contributed by atoms with Gasteiger partial charge in [0.2, 0.25) is 0 Å². The highest BCUT2D eigenvalue weighted by atomic mass is 16.3. The molecule has 0 fully saturated rings. The van der Waals surface area contributed by atoms with Gasteiger partial charge in [-0.1, -0.05) is 62.2 Å². The van der Waals surface area contributed by atoms with Gasteiger partial charge in [0.15, 0.2) is 0 Å². The third-order valence-corrected chi connectivity index (χ3v) is 4.14. The summed E-state index contributed by atoms with van der Waals surface area (Å²) in [7, 11) is 0. The van der Waals surface area contributed by atoms with E-state index in [1.165, 1.54) is 36.8 Å². The van der Waals surface area contributed by atoms with E-state index in [0.29, 0.717) is 0 Å². The second-order valence-corrected chi connectivity index (χ2v) is 5.91. The molecule has 0 aliphatic carbocycles. The molecule has 1 heterocycles. The minimum atomic E-state index is 0.894. The van der Waals surface area contributed by atoms with Crippen molar-refractivity contribution in [1.82, 2.24) is 0 Å². The summed E-state index contributed by atoms with van der Waals surface area (Å²) in [5, 5.41) is 0. The Hall–Kier alpha value is -2.41. The van der Waals surface area contributed by atoms with Crippen molar-refractivity contribution in [2.75, 3.05) is 0 Å². The molecule has 0 N–H and O–H groups in total. The minimum absolute atomic E-state index is 0.894.